The Bertz CT molecular complexity index is 1150. The Morgan fingerprint density at radius 2 is 1.86 bits per heavy atom. The van der Waals surface area contributed by atoms with Crippen LogP contribution in [0.1, 0.15) is 30.1 Å². The number of piperidine rings is 1. The second-order valence-corrected chi connectivity index (χ2v) is 8.98. The van der Waals surface area contributed by atoms with E-state index in [1.807, 2.05) is 24.3 Å². The molecule has 0 unspecified atom stereocenters. The largest absolute Gasteiger partial charge is 0.473 e. The third-order valence-corrected chi connectivity index (χ3v) is 6.99. The highest BCUT2D eigenvalue weighted by Crippen LogP contribution is 2.27. The van der Waals surface area contributed by atoms with E-state index in [4.69, 9.17) is 4.74 Å². The van der Waals surface area contributed by atoms with Gasteiger partial charge in [-0.3, -0.25) is 4.79 Å². The molecule has 1 aromatic heterocycles. The molecule has 0 aliphatic carbocycles. The average Bonchev–Trinajstić information content (AvgIpc) is 2.74. The first-order valence-electron chi connectivity index (χ1n) is 9.43. The fourth-order valence-corrected chi connectivity index (χ4v) is 4.98. The van der Waals surface area contributed by atoms with Gasteiger partial charge in [-0.15, -0.1) is 5.10 Å². The van der Waals surface area contributed by atoms with Crippen LogP contribution in [0.15, 0.2) is 59.6 Å². The molecule has 29 heavy (non-hydrogen) atoms. The van der Waals surface area contributed by atoms with Crippen LogP contribution in [0.4, 0.5) is 0 Å². The number of nitrogens with zero attached hydrogens (tertiary/aromatic N) is 3. The number of Topliss-reactive ketones (excluding diaryl/α,β-unsaturated/α-hetero) is 1. The van der Waals surface area contributed by atoms with Crippen LogP contribution in [0.25, 0.3) is 10.8 Å². The van der Waals surface area contributed by atoms with Crippen LogP contribution >= 0.6 is 0 Å². The van der Waals surface area contributed by atoms with Crippen molar-refractivity contribution in [3.8, 4) is 5.88 Å². The molecule has 1 aliphatic rings. The fraction of sp³-hybridized carbons (Fsp3) is 0.286. The van der Waals surface area contributed by atoms with Crippen LogP contribution in [0, 0.1) is 0 Å². The van der Waals surface area contributed by atoms with Gasteiger partial charge in [0.05, 0.1) is 11.1 Å². The van der Waals surface area contributed by atoms with Crippen LogP contribution < -0.4 is 4.74 Å². The van der Waals surface area contributed by atoms with Crippen molar-refractivity contribution in [2.24, 2.45) is 0 Å². The molecule has 150 valence electrons. The van der Waals surface area contributed by atoms with Crippen molar-refractivity contribution < 1.29 is 17.9 Å². The summed E-state index contributed by atoms with van der Waals surface area (Å²) in [7, 11) is -3.65. The molecule has 0 atom stereocenters. The van der Waals surface area contributed by atoms with Crippen molar-refractivity contribution in [1.29, 1.82) is 0 Å². The van der Waals surface area contributed by atoms with Crippen LogP contribution in [0.5, 0.6) is 5.88 Å². The molecule has 7 nitrogen and oxygen atoms in total. The number of ether oxygens (including phenoxy) is 1. The van der Waals surface area contributed by atoms with Crippen molar-refractivity contribution in [2.45, 2.75) is 30.8 Å². The quantitative estimate of drug-likeness (QED) is 0.600. The van der Waals surface area contributed by atoms with Gasteiger partial charge < -0.3 is 4.74 Å². The van der Waals surface area contributed by atoms with E-state index in [1.165, 1.54) is 23.4 Å². The van der Waals surface area contributed by atoms with Gasteiger partial charge in [-0.25, -0.2) is 8.42 Å². The zero-order chi connectivity index (χ0) is 20.4. The summed E-state index contributed by atoms with van der Waals surface area (Å²) in [5, 5.41) is 9.93. The van der Waals surface area contributed by atoms with E-state index in [9.17, 15) is 13.2 Å². The lowest BCUT2D eigenvalue weighted by atomic mass is 10.1. The first-order valence-corrected chi connectivity index (χ1v) is 10.9. The van der Waals surface area contributed by atoms with E-state index in [0.717, 1.165) is 10.8 Å². The Morgan fingerprint density at radius 3 is 2.62 bits per heavy atom. The molecule has 1 fully saturated rings. The van der Waals surface area contributed by atoms with E-state index in [0.29, 0.717) is 37.4 Å². The van der Waals surface area contributed by atoms with Gasteiger partial charge in [0.15, 0.2) is 5.78 Å². The van der Waals surface area contributed by atoms with Crippen LogP contribution in [-0.2, 0) is 10.0 Å². The van der Waals surface area contributed by atoms with Gasteiger partial charge in [0.2, 0.25) is 15.9 Å². The van der Waals surface area contributed by atoms with E-state index < -0.39 is 10.0 Å². The van der Waals surface area contributed by atoms with Crippen molar-refractivity contribution >= 4 is 26.6 Å². The molecule has 2 aromatic carbocycles. The lowest BCUT2D eigenvalue weighted by Crippen LogP contribution is -2.41. The standard InChI is InChI=1S/C21H21N3O4S/c1-15(25)16-6-4-7-19(13-16)29(26,27)24-11-9-18(10-12-24)28-21-20-8-3-2-5-17(20)14-22-23-21/h2-8,13-14,18H,9-12H2,1H3. The highest BCUT2D eigenvalue weighted by atomic mass is 32.2. The third-order valence-electron chi connectivity index (χ3n) is 5.09. The van der Waals surface area contributed by atoms with Gasteiger partial charge >= 0.3 is 0 Å². The summed E-state index contributed by atoms with van der Waals surface area (Å²) in [4.78, 5) is 11.7. The summed E-state index contributed by atoms with van der Waals surface area (Å²) < 4.78 is 33.4. The molecule has 0 radical (unpaired) electrons. The predicted molar refractivity (Wildman–Crippen MR) is 108 cm³/mol. The highest BCUT2D eigenvalue weighted by molar-refractivity contribution is 7.89. The molecule has 1 saturated heterocycles. The topological polar surface area (TPSA) is 89.5 Å². The number of hydrogen-bond donors (Lipinski definition) is 0. The summed E-state index contributed by atoms with van der Waals surface area (Å²) in [6.45, 7) is 2.11. The zero-order valence-electron chi connectivity index (χ0n) is 16.0. The summed E-state index contributed by atoms with van der Waals surface area (Å²) >= 11 is 0. The molecule has 0 spiro atoms. The maximum absolute atomic E-state index is 13.0. The highest BCUT2D eigenvalue weighted by Gasteiger charge is 2.30. The van der Waals surface area contributed by atoms with E-state index in [1.54, 1.807) is 18.3 Å². The van der Waals surface area contributed by atoms with Gasteiger partial charge in [-0.1, -0.05) is 30.3 Å². The Hall–Kier alpha value is -2.84. The van der Waals surface area contributed by atoms with Crippen molar-refractivity contribution in [2.75, 3.05) is 13.1 Å². The normalized spacial score (nSPS) is 16.0. The molecule has 4 rings (SSSR count). The number of aromatic nitrogens is 2. The Morgan fingerprint density at radius 1 is 1.10 bits per heavy atom. The summed E-state index contributed by atoms with van der Waals surface area (Å²) in [5.74, 6) is 0.309. The SMILES string of the molecule is CC(=O)c1cccc(S(=O)(=O)N2CCC(Oc3nncc4ccccc34)CC2)c1. The Balaban J connectivity index is 1.46. The van der Waals surface area contributed by atoms with Crippen molar-refractivity contribution in [3.63, 3.8) is 0 Å². The van der Waals surface area contributed by atoms with Crippen molar-refractivity contribution in [3.05, 3.63) is 60.3 Å². The number of carbonyl (C=O) groups excluding carboxylic acids is 1. The molecule has 2 heterocycles. The van der Waals surface area contributed by atoms with E-state index in [2.05, 4.69) is 10.2 Å². The van der Waals surface area contributed by atoms with E-state index >= 15 is 0 Å². The van der Waals surface area contributed by atoms with Crippen LogP contribution in [-0.4, -0.2) is 47.9 Å². The smallest absolute Gasteiger partial charge is 0.243 e. The number of ketones is 1. The molecule has 0 bridgehead atoms. The van der Waals surface area contributed by atoms with Crippen LogP contribution in [0.2, 0.25) is 0 Å². The van der Waals surface area contributed by atoms with Gasteiger partial charge in [-0.2, -0.15) is 9.40 Å². The molecule has 0 N–H and O–H groups in total. The van der Waals surface area contributed by atoms with E-state index in [-0.39, 0.29) is 16.8 Å². The maximum atomic E-state index is 13.0. The Labute approximate surface area is 169 Å². The van der Waals surface area contributed by atoms with Gasteiger partial charge in [-0.05, 0) is 38.0 Å². The summed E-state index contributed by atoms with van der Waals surface area (Å²) in [6, 6.07) is 13.9. The number of fused-ring (bicyclic) bond motifs is 1. The summed E-state index contributed by atoms with van der Waals surface area (Å²) in [6.07, 6.45) is 2.66. The molecule has 8 heteroatoms. The minimum absolute atomic E-state index is 0.134. The monoisotopic (exact) mass is 411 g/mol. The first-order chi connectivity index (χ1) is 13.9. The number of benzene rings is 2. The second-order valence-electron chi connectivity index (χ2n) is 7.04. The van der Waals surface area contributed by atoms with Gasteiger partial charge in [0.25, 0.3) is 0 Å². The lowest BCUT2D eigenvalue weighted by molar-refractivity contribution is 0.101. The number of sulfonamides is 1. The number of rotatable bonds is 5. The summed E-state index contributed by atoms with van der Waals surface area (Å²) in [5.41, 5.74) is 0.388. The molecule has 0 saturated carbocycles. The number of carbonyl (C=O) groups is 1. The second kappa shape index (κ2) is 7.88. The Kier molecular flexibility index (Phi) is 5.29. The van der Waals surface area contributed by atoms with Crippen molar-refractivity contribution in [1.82, 2.24) is 14.5 Å². The first kappa shape index (κ1) is 19.5. The molecule has 0 amide bonds. The number of hydrogen-bond acceptors (Lipinski definition) is 6. The average molecular weight is 411 g/mol. The van der Waals surface area contributed by atoms with Gasteiger partial charge in [0, 0.05) is 29.4 Å². The fourth-order valence-electron chi connectivity index (χ4n) is 3.46. The molecular weight excluding hydrogens is 390 g/mol. The molecule has 3 aromatic rings. The minimum atomic E-state index is -3.65. The molecule has 1 aliphatic heterocycles. The third kappa shape index (κ3) is 3.99. The van der Waals surface area contributed by atoms with Gasteiger partial charge in [0.1, 0.15) is 6.10 Å². The maximum Gasteiger partial charge on any atom is 0.243 e. The lowest BCUT2D eigenvalue weighted by Gasteiger charge is -2.31. The predicted octanol–water partition coefficient (Wildman–Crippen LogP) is 3.06. The zero-order valence-corrected chi connectivity index (χ0v) is 16.8. The van der Waals surface area contributed by atoms with Crippen LogP contribution in [0.3, 0.4) is 0 Å². The molecular formula is C21H21N3O4S. The minimum Gasteiger partial charge on any atom is -0.473 e.